The largest absolute Gasteiger partial charge is 0.492 e. The second-order valence-corrected chi connectivity index (χ2v) is 11.9. The van der Waals surface area contributed by atoms with Crippen molar-refractivity contribution in [2.75, 3.05) is 39.4 Å². The molecule has 2 aliphatic rings. The van der Waals surface area contributed by atoms with Gasteiger partial charge in [0, 0.05) is 13.1 Å². The van der Waals surface area contributed by atoms with E-state index in [4.69, 9.17) is 9.47 Å². The fourth-order valence-corrected chi connectivity index (χ4v) is 6.77. The van der Waals surface area contributed by atoms with Gasteiger partial charge < -0.3 is 9.47 Å². The summed E-state index contributed by atoms with van der Waals surface area (Å²) < 4.78 is 12.3. The van der Waals surface area contributed by atoms with E-state index in [2.05, 4.69) is 32.7 Å². The van der Waals surface area contributed by atoms with Gasteiger partial charge >= 0.3 is 0 Å². The van der Waals surface area contributed by atoms with Gasteiger partial charge in [-0.3, -0.25) is 9.80 Å². The summed E-state index contributed by atoms with van der Waals surface area (Å²) in [5.41, 5.74) is 0. The lowest BCUT2D eigenvalue weighted by Gasteiger charge is -2.26. The zero-order valence-electron chi connectivity index (χ0n) is 21.0. The topological polar surface area (TPSA) is 24.9 Å². The lowest BCUT2D eigenvalue weighted by Crippen LogP contribution is -2.28. The lowest BCUT2D eigenvalue weighted by atomic mass is 10.1. The predicted molar refractivity (Wildman–Crippen MR) is 146 cm³/mol. The molecule has 2 aromatic rings. The van der Waals surface area contributed by atoms with Crippen molar-refractivity contribution in [3.8, 4) is 11.5 Å². The number of ether oxygens (including phenoxy) is 2. The molecule has 4 rings (SSSR count). The van der Waals surface area contributed by atoms with E-state index in [0.29, 0.717) is 0 Å². The number of likely N-dealkylation sites (tertiary alicyclic amines) is 2. The first-order valence-corrected chi connectivity index (χ1v) is 15.5. The van der Waals surface area contributed by atoms with Crippen molar-refractivity contribution in [1.82, 2.24) is 9.80 Å². The maximum Gasteiger partial charge on any atom is 0.134 e. The van der Waals surface area contributed by atoms with Gasteiger partial charge in [0.05, 0.1) is 23.0 Å². The number of hydrogen-bond acceptors (Lipinski definition) is 6. The number of unbranched alkanes of at least 4 members (excludes halogenated alkanes) is 5. The fourth-order valence-electron chi connectivity index (χ4n) is 5.06. The Kier molecular flexibility index (Phi) is 11.6. The molecule has 0 N–H and O–H groups in total. The van der Waals surface area contributed by atoms with Crippen molar-refractivity contribution < 1.29 is 9.47 Å². The van der Waals surface area contributed by atoms with Crippen molar-refractivity contribution in [3.05, 3.63) is 32.6 Å². The summed E-state index contributed by atoms with van der Waals surface area (Å²) in [5.74, 6) is 2.25. The second-order valence-electron chi connectivity index (χ2n) is 9.91. The minimum Gasteiger partial charge on any atom is -0.492 e. The van der Waals surface area contributed by atoms with Crippen LogP contribution in [0.2, 0.25) is 0 Å². The molecular weight excluding hydrogens is 460 g/mol. The molecule has 2 saturated heterocycles. The number of hydrogen-bond donors (Lipinski definition) is 0. The van der Waals surface area contributed by atoms with Crippen LogP contribution in [0, 0.1) is 0 Å². The van der Waals surface area contributed by atoms with Crippen LogP contribution in [0.1, 0.15) is 86.8 Å². The van der Waals surface area contributed by atoms with Gasteiger partial charge in [-0.1, -0.05) is 38.5 Å². The number of thiophene rings is 2. The molecule has 190 valence electrons. The molecule has 0 unspecified atom stereocenters. The zero-order valence-corrected chi connectivity index (χ0v) is 22.6. The normalized spacial score (nSPS) is 17.8. The van der Waals surface area contributed by atoms with Gasteiger partial charge in [-0.15, -0.1) is 22.7 Å². The highest BCUT2D eigenvalue weighted by molar-refractivity contribution is 7.10. The Morgan fingerprint density at radius 3 is 1.41 bits per heavy atom. The summed E-state index contributed by atoms with van der Waals surface area (Å²) in [5, 5.41) is 4.37. The third-order valence-corrected chi connectivity index (χ3v) is 8.87. The number of piperidine rings is 2. The molecule has 0 aromatic carbocycles. The minimum absolute atomic E-state index is 0.852. The predicted octanol–water partition coefficient (Wildman–Crippen LogP) is 7.58. The van der Waals surface area contributed by atoms with Crippen LogP contribution in [0.3, 0.4) is 0 Å². The number of nitrogens with zero attached hydrogens (tertiary/aromatic N) is 2. The average molecular weight is 505 g/mol. The van der Waals surface area contributed by atoms with Crippen molar-refractivity contribution in [1.29, 1.82) is 0 Å². The van der Waals surface area contributed by atoms with E-state index in [9.17, 15) is 0 Å². The Morgan fingerprint density at radius 2 is 0.971 bits per heavy atom. The lowest BCUT2D eigenvalue weighted by molar-refractivity contribution is 0.217. The van der Waals surface area contributed by atoms with E-state index >= 15 is 0 Å². The Labute approximate surface area is 215 Å². The van der Waals surface area contributed by atoms with Crippen LogP contribution in [-0.2, 0) is 13.1 Å². The molecular formula is C28H44N2O2S2. The molecule has 0 saturated carbocycles. The molecule has 0 bridgehead atoms. The summed E-state index contributed by atoms with van der Waals surface area (Å²) >= 11 is 3.70. The second kappa shape index (κ2) is 15.1. The Bertz CT molecular complexity index is 728. The van der Waals surface area contributed by atoms with Crippen molar-refractivity contribution in [3.63, 3.8) is 0 Å². The summed E-state index contributed by atoms with van der Waals surface area (Å²) in [4.78, 5) is 7.98. The SMILES string of the molecule is c1cc(OCCCCCCCCOc2ccsc2CN2CCCCC2)c(CN2CCCCC2)s1. The molecule has 0 atom stereocenters. The highest BCUT2D eigenvalue weighted by atomic mass is 32.1. The van der Waals surface area contributed by atoms with Crippen LogP contribution in [0.4, 0.5) is 0 Å². The monoisotopic (exact) mass is 504 g/mol. The van der Waals surface area contributed by atoms with Gasteiger partial charge in [0.15, 0.2) is 0 Å². The van der Waals surface area contributed by atoms with Crippen LogP contribution in [0.25, 0.3) is 0 Å². The molecule has 4 heterocycles. The summed E-state index contributed by atoms with van der Waals surface area (Å²) in [6.07, 6.45) is 15.6. The van der Waals surface area contributed by atoms with E-state index < -0.39 is 0 Å². The van der Waals surface area contributed by atoms with Crippen LogP contribution in [0.5, 0.6) is 11.5 Å². The van der Waals surface area contributed by atoms with E-state index in [0.717, 1.165) is 50.6 Å². The average Bonchev–Trinajstić information content (AvgIpc) is 3.51. The van der Waals surface area contributed by atoms with E-state index in [1.807, 2.05) is 22.7 Å². The minimum atomic E-state index is 0.852. The van der Waals surface area contributed by atoms with Crippen molar-refractivity contribution >= 4 is 22.7 Å². The van der Waals surface area contributed by atoms with E-state index in [-0.39, 0.29) is 0 Å². The van der Waals surface area contributed by atoms with Crippen LogP contribution in [0.15, 0.2) is 22.9 Å². The maximum atomic E-state index is 6.13. The Balaban J connectivity index is 1.00. The standard InChI is InChI=1S/C28H44N2O2S2/c1(3-11-19-31-25-13-21-33-27(25)23-29-15-7-5-8-16-29)2-4-12-20-32-26-14-22-34-28(26)24-30-17-9-6-10-18-30/h13-14,21-22H,1-12,15-20,23-24H2. The molecule has 0 radical (unpaired) electrons. The van der Waals surface area contributed by atoms with Gasteiger partial charge in [-0.25, -0.2) is 0 Å². The third-order valence-electron chi connectivity index (χ3n) is 7.09. The molecule has 4 nitrogen and oxygen atoms in total. The fraction of sp³-hybridized carbons (Fsp3) is 0.714. The van der Waals surface area contributed by atoms with Gasteiger partial charge in [0.25, 0.3) is 0 Å². The van der Waals surface area contributed by atoms with Gasteiger partial charge in [-0.05, 0) is 87.6 Å². The first kappa shape index (κ1) is 26.0. The highest BCUT2D eigenvalue weighted by Crippen LogP contribution is 2.29. The maximum absolute atomic E-state index is 6.13. The van der Waals surface area contributed by atoms with E-state index in [1.54, 1.807) is 0 Å². The zero-order chi connectivity index (χ0) is 23.3. The van der Waals surface area contributed by atoms with Gasteiger partial charge in [-0.2, -0.15) is 0 Å². The quantitative estimate of drug-likeness (QED) is 0.233. The van der Waals surface area contributed by atoms with Crippen LogP contribution in [-0.4, -0.2) is 49.2 Å². The van der Waals surface area contributed by atoms with Crippen LogP contribution >= 0.6 is 22.7 Å². The van der Waals surface area contributed by atoms with E-state index in [1.165, 1.54) is 100 Å². The van der Waals surface area contributed by atoms with Crippen molar-refractivity contribution in [2.24, 2.45) is 0 Å². The molecule has 0 spiro atoms. The van der Waals surface area contributed by atoms with Crippen molar-refractivity contribution in [2.45, 2.75) is 90.1 Å². The molecule has 2 fully saturated rings. The summed E-state index contributed by atoms with van der Waals surface area (Å²) in [6, 6.07) is 4.32. The van der Waals surface area contributed by atoms with Gasteiger partial charge in [0.2, 0.25) is 0 Å². The molecule has 2 aliphatic heterocycles. The molecule has 0 aliphatic carbocycles. The number of rotatable bonds is 15. The highest BCUT2D eigenvalue weighted by Gasteiger charge is 2.15. The molecule has 6 heteroatoms. The van der Waals surface area contributed by atoms with Gasteiger partial charge in [0.1, 0.15) is 11.5 Å². The Hall–Kier alpha value is -1.08. The molecule has 2 aromatic heterocycles. The summed E-state index contributed by atoms with van der Waals surface area (Å²) in [6.45, 7) is 8.83. The molecule has 34 heavy (non-hydrogen) atoms. The smallest absolute Gasteiger partial charge is 0.134 e. The Morgan fingerprint density at radius 1 is 0.559 bits per heavy atom. The summed E-state index contributed by atoms with van der Waals surface area (Å²) in [7, 11) is 0. The first-order valence-electron chi connectivity index (χ1n) is 13.7. The first-order chi connectivity index (χ1) is 16.9. The van der Waals surface area contributed by atoms with Crippen LogP contribution < -0.4 is 9.47 Å². The third kappa shape index (κ3) is 8.85. The molecule has 0 amide bonds.